The molecule has 1 aliphatic heterocycles. The first-order chi connectivity index (χ1) is 10.7. The molecule has 5 heteroatoms. The Labute approximate surface area is 141 Å². The molecule has 4 nitrogen and oxygen atoms in total. The van der Waals surface area contributed by atoms with Crippen molar-refractivity contribution in [2.75, 3.05) is 0 Å². The largest absolute Gasteiger partial charge is 0.504 e. The van der Waals surface area contributed by atoms with Crippen LogP contribution in [0.4, 0.5) is 0 Å². The number of halogens is 1. The highest BCUT2D eigenvalue weighted by Crippen LogP contribution is 2.45. The highest BCUT2D eigenvalue weighted by Gasteiger charge is 2.37. The van der Waals surface area contributed by atoms with E-state index in [9.17, 15) is 10.2 Å². The van der Waals surface area contributed by atoms with Gasteiger partial charge in [0, 0.05) is 23.9 Å². The van der Waals surface area contributed by atoms with Crippen LogP contribution in [0.3, 0.4) is 0 Å². The molecular weight excluding hydrogens is 314 g/mol. The predicted molar refractivity (Wildman–Crippen MR) is 90.5 cm³/mol. The van der Waals surface area contributed by atoms with Crippen LogP contribution in [-0.4, -0.2) is 16.3 Å². The number of phenolic OH excluding ortho intramolecular Hbond substituents is 2. The van der Waals surface area contributed by atoms with Gasteiger partial charge in [-0.05, 0) is 48.6 Å². The lowest BCUT2D eigenvalue weighted by Gasteiger charge is -2.37. The van der Waals surface area contributed by atoms with E-state index in [1.54, 1.807) is 12.1 Å². The Morgan fingerprint density at radius 3 is 2.74 bits per heavy atom. The third-order valence-electron chi connectivity index (χ3n) is 4.95. The van der Waals surface area contributed by atoms with Gasteiger partial charge in [0.15, 0.2) is 11.5 Å². The van der Waals surface area contributed by atoms with Crippen LogP contribution in [0, 0.1) is 0 Å². The average molecular weight is 336 g/mol. The average Bonchev–Trinajstić information content (AvgIpc) is 2.91. The van der Waals surface area contributed by atoms with Crippen molar-refractivity contribution < 1.29 is 14.6 Å². The topological polar surface area (TPSA) is 65.6 Å². The Morgan fingerprint density at radius 2 is 1.96 bits per heavy atom. The van der Waals surface area contributed by atoms with Crippen molar-refractivity contribution in [1.29, 1.82) is 0 Å². The summed E-state index contributed by atoms with van der Waals surface area (Å²) in [6.45, 7) is 2.93. The molecular formula is C18H22ClNO3. The highest BCUT2D eigenvalue weighted by molar-refractivity contribution is 5.85. The van der Waals surface area contributed by atoms with Crippen LogP contribution in [0.2, 0.25) is 0 Å². The first-order valence-electron chi connectivity index (χ1n) is 8.07. The molecule has 2 heterocycles. The lowest BCUT2D eigenvalue weighted by Crippen LogP contribution is -2.42. The summed E-state index contributed by atoms with van der Waals surface area (Å²) in [5.41, 5.74) is 3.49. The fraction of sp³-hybridized carbons (Fsp3) is 0.444. The molecule has 2 unspecified atom stereocenters. The standard InChI is InChI=1S/C18H21NO3.ClH/c1-2-3-11-7-13-17(22-11)9-19-14-5-4-10-6-15(20)16(21)8-12(10)18(13)14;/h6-8,14,18-21H,2-5,9H2,1H3;1H. The van der Waals surface area contributed by atoms with Crippen molar-refractivity contribution in [3.8, 4) is 11.5 Å². The minimum atomic E-state index is -0.0381. The van der Waals surface area contributed by atoms with Crippen molar-refractivity contribution in [2.45, 2.75) is 51.1 Å². The van der Waals surface area contributed by atoms with Crippen LogP contribution in [-0.2, 0) is 19.4 Å². The van der Waals surface area contributed by atoms with Crippen LogP contribution in [0.15, 0.2) is 22.6 Å². The molecule has 0 spiro atoms. The Balaban J connectivity index is 0.00000156. The second kappa shape index (κ2) is 6.10. The lowest BCUT2D eigenvalue weighted by atomic mass is 9.74. The van der Waals surface area contributed by atoms with Gasteiger partial charge in [-0.3, -0.25) is 0 Å². The molecule has 4 rings (SSSR count). The van der Waals surface area contributed by atoms with Gasteiger partial charge in [-0.1, -0.05) is 6.92 Å². The number of fused-ring (bicyclic) bond motifs is 5. The van der Waals surface area contributed by atoms with Gasteiger partial charge in [0.1, 0.15) is 11.5 Å². The van der Waals surface area contributed by atoms with E-state index < -0.39 is 0 Å². The Hall–Kier alpha value is -1.65. The summed E-state index contributed by atoms with van der Waals surface area (Å²) in [6.07, 6.45) is 3.99. The number of phenols is 2. The van der Waals surface area contributed by atoms with E-state index in [0.717, 1.165) is 54.9 Å². The fourth-order valence-corrected chi connectivity index (χ4v) is 3.94. The zero-order valence-corrected chi connectivity index (χ0v) is 13.9. The minimum absolute atomic E-state index is 0. The first kappa shape index (κ1) is 16.2. The van der Waals surface area contributed by atoms with Gasteiger partial charge in [-0.2, -0.15) is 0 Å². The number of nitrogens with one attached hydrogen (secondary N) is 1. The second-order valence-corrected chi connectivity index (χ2v) is 6.38. The third kappa shape index (κ3) is 2.60. The van der Waals surface area contributed by atoms with E-state index in [4.69, 9.17) is 4.42 Å². The molecule has 0 radical (unpaired) electrons. The molecule has 2 aromatic rings. The number of aromatic hydroxyl groups is 2. The first-order valence-corrected chi connectivity index (χ1v) is 8.07. The van der Waals surface area contributed by atoms with Crippen LogP contribution in [0.25, 0.3) is 0 Å². The van der Waals surface area contributed by atoms with E-state index in [1.165, 1.54) is 5.56 Å². The summed E-state index contributed by atoms with van der Waals surface area (Å²) < 4.78 is 5.99. The van der Waals surface area contributed by atoms with Gasteiger partial charge >= 0.3 is 0 Å². The van der Waals surface area contributed by atoms with Crippen molar-refractivity contribution in [3.05, 3.63) is 46.4 Å². The predicted octanol–water partition coefficient (Wildman–Crippen LogP) is 3.62. The minimum Gasteiger partial charge on any atom is -0.504 e. The fourth-order valence-electron chi connectivity index (χ4n) is 3.94. The molecule has 0 amide bonds. The lowest BCUT2D eigenvalue weighted by molar-refractivity contribution is 0.346. The van der Waals surface area contributed by atoms with Crippen molar-refractivity contribution in [1.82, 2.24) is 5.32 Å². The second-order valence-electron chi connectivity index (χ2n) is 6.38. The molecule has 2 aliphatic rings. The van der Waals surface area contributed by atoms with E-state index in [2.05, 4.69) is 18.3 Å². The van der Waals surface area contributed by atoms with Crippen LogP contribution in [0.1, 0.15) is 53.9 Å². The van der Waals surface area contributed by atoms with Gasteiger partial charge in [-0.15, -0.1) is 12.4 Å². The number of furan rings is 1. The van der Waals surface area contributed by atoms with E-state index in [0.29, 0.717) is 6.04 Å². The molecule has 0 saturated heterocycles. The molecule has 0 fully saturated rings. The normalized spacial score (nSPS) is 21.8. The monoisotopic (exact) mass is 335 g/mol. The Morgan fingerprint density at radius 1 is 1.17 bits per heavy atom. The SMILES string of the molecule is CCCc1cc2c(o1)CNC1CCc3cc(O)c(O)cc3C21.Cl. The van der Waals surface area contributed by atoms with Gasteiger partial charge in [-0.25, -0.2) is 0 Å². The molecule has 23 heavy (non-hydrogen) atoms. The Kier molecular flexibility index (Phi) is 4.30. The van der Waals surface area contributed by atoms with Gasteiger partial charge < -0.3 is 19.9 Å². The summed E-state index contributed by atoms with van der Waals surface area (Å²) in [7, 11) is 0. The summed E-state index contributed by atoms with van der Waals surface area (Å²) in [6, 6.07) is 6.00. The summed E-state index contributed by atoms with van der Waals surface area (Å²) in [4.78, 5) is 0. The Bertz CT molecular complexity index is 725. The quantitative estimate of drug-likeness (QED) is 0.733. The molecule has 0 bridgehead atoms. The molecule has 1 aromatic carbocycles. The molecule has 2 atom stereocenters. The van der Waals surface area contributed by atoms with E-state index >= 15 is 0 Å². The molecule has 1 aliphatic carbocycles. The van der Waals surface area contributed by atoms with E-state index in [1.807, 2.05) is 0 Å². The number of rotatable bonds is 2. The maximum atomic E-state index is 9.91. The van der Waals surface area contributed by atoms with Gasteiger partial charge in [0.2, 0.25) is 0 Å². The van der Waals surface area contributed by atoms with Crippen molar-refractivity contribution in [2.24, 2.45) is 0 Å². The number of aryl methyl sites for hydroxylation is 2. The summed E-state index contributed by atoms with van der Waals surface area (Å²) in [5, 5.41) is 23.2. The summed E-state index contributed by atoms with van der Waals surface area (Å²) >= 11 is 0. The van der Waals surface area contributed by atoms with Crippen molar-refractivity contribution in [3.63, 3.8) is 0 Å². The smallest absolute Gasteiger partial charge is 0.157 e. The van der Waals surface area contributed by atoms with Gasteiger partial charge in [0.25, 0.3) is 0 Å². The molecule has 124 valence electrons. The number of hydrogen-bond donors (Lipinski definition) is 3. The molecule has 1 aromatic heterocycles. The zero-order chi connectivity index (χ0) is 15.3. The van der Waals surface area contributed by atoms with Crippen LogP contribution >= 0.6 is 12.4 Å². The maximum Gasteiger partial charge on any atom is 0.157 e. The molecule has 3 N–H and O–H groups in total. The van der Waals surface area contributed by atoms with Gasteiger partial charge in [0.05, 0.1) is 6.54 Å². The highest BCUT2D eigenvalue weighted by atomic mass is 35.5. The summed E-state index contributed by atoms with van der Waals surface area (Å²) in [5.74, 6) is 2.20. The maximum absolute atomic E-state index is 9.91. The molecule has 0 saturated carbocycles. The van der Waals surface area contributed by atoms with E-state index in [-0.39, 0.29) is 29.8 Å². The zero-order valence-electron chi connectivity index (χ0n) is 13.1. The van der Waals surface area contributed by atoms with Crippen LogP contribution < -0.4 is 5.32 Å². The number of benzene rings is 1. The third-order valence-corrected chi connectivity index (χ3v) is 4.95. The van der Waals surface area contributed by atoms with Crippen molar-refractivity contribution >= 4 is 12.4 Å². The van der Waals surface area contributed by atoms with Crippen LogP contribution in [0.5, 0.6) is 11.5 Å². The number of hydrogen-bond acceptors (Lipinski definition) is 4.